The van der Waals surface area contributed by atoms with Gasteiger partial charge in [-0.15, -0.1) is 0 Å². The lowest BCUT2D eigenvalue weighted by Gasteiger charge is -2.34. The van der Waals surface area contributed by atoms with E-state index < -0.39 is 5.60 Å². The molecular formula is C14H24N4O2. The van der Waals surface area contributed by atoms with Crippen molar-refractivity contribution in [3.8, 4) is 0 Å². The number of nitrogens with zero attached hydrogens (tertiary/aromatic N) is 2. The number of amides is 1. The summed E-state index contributed by atoms with van der Waals surface area (Å²) in [5, 5.41) is 10.0. The van der Waals surface area contributed by atoms with E-state index in [1.165, 1.54) is 0 Å². The smallest absolute Gasteiger partial charge is 0.410 e. The monoisotopic (exact) mass is 280 g/mol. The van der Waals surface area contributed by atoms with Gasteiger partial charge in [0.25, 0.3) is 0 Å². The maximum absolute atomic E-state index is 12.1. The highest BCUT2D eigenvalue weighted by Gasteiger charge is 2.27. The molecule has 0 bridgehead atoms. The minimum atomic E-state index is -0.431. The minimum absolute atomic E-state index is 0.203. The molecular weight excluding hydrogens is 256 g/mol. The molecule has 20 heavy (non-hydrogen) atoms. The van der Waals surface area contributed by atoms with Crippen molar-refractivity contribution in [2.75, 3.05) is 25.0 Å². The predicted octanol–water partition coefficient (Wildman–Crippen LogP) is 2.47. The Balaban J connectivity index is 1.80. The van der Waals surface area contributed by atoms with Gasteiger partial charge in [0.2, 0.25) is 0 Å². The standard InChI is InChI=1S/C14H24N4O2/c1-14(2,3)20-13(19)18-6-4-5-11(10-18)7-15-12-8-16-17-9-12/h8-9,11,15H,4-7,10H2,1-3H3,(H,16,17). The number of likely N-dealkylation sites (tertiary alicyclic amines) is 1. The molecule has 6 nitrogen and oxygen atoms in total. The number of hydrogen-bond acceptors (Lipinski definition) is 4. The van der Waals surface area contributed by atoms with Gasteiger partial charge in [0.05, 0.1) is 11.9 Å². The Hall–Kier alpha value is -1.72. The number of anilines is 1. The number of ether oxygens (including phenoxy) is 1. The summed E-state index contributed by atoms with van der Waals surface area (Å²) in [6.07, 6.45) is 5.54. The van der Waals surface area contributed by atoms with Crippen molar-refractivity contribution in [2.45, 2.75) is 39.2 Å². The lowest BCUT2D eigenvalue weighted by Crippen LogP contribution is -2.44. The number of piperidine rings is 1. The average molecular weight is 280 g/mol. The van der Waals surface area contributed by atoms with E-state index in [1.54, 1.807) is 6.20 Å². The Kier molecular flexibility index (Phi) is 4.52. The van der Waals surface area contributed by atoms with Crippen LogP contribution in [0.4, 0.5) is 10.5 Å². The van der Waals surface area contributed by atoms with Gasteiger partial charge in [-0.1, -0.05) is 0 Å². The van der Waals surface area contributed by atoms with Crippen LogP contribution in [0.25, 0.3) is 0 Å². The predicted molar refractivity (Wildman–Crippen MR) is 77.6 cm³/mol. The van der Waals surface area contributed by atoms with Crippen molar-refractivity contribution >= 4 is 11.8 Å². The molecule has 0 aliphatic carbocycles. The summed E-state index contributed by atoms with van der Waals surface area (Å²) in [5.74, 6) is 0.450. The van der Waals surface area contributed by atoms with Gasteiger partial charge in [-0.25, -0.2) is 4.79 Å². The van der Waals surface area contributed by atoms with Gasteiger partial charge in [-0.3, -0.25) is 5.10 Å². The molecule has 6 heteroatoms. The molecule has 2 N–H and O–H groups in total. The van der Waals surface area contributed by atoms with E-state index in [4.69, 9.17) is 4.74 Å². The minimum Gasteiger partial charge on any atom is -0.444 e. The van der Waals surface area contributed by atoms with E-state index in [0.29, 0.717) is 5.92 Å². The van der Waals surface area contributed by atoms with Crippen molar-refractivity contribution in [1.82, 2.24) is 15.1 Å². The SMILES string of the molecule is CC(C)(C)OC(=O)N1CCCC(CNc2cn[nH]c2)C1. The highest BCUT2D eigenvalue weighted by Crippen LogP contribution is 2.19. The van der Waals surface area contributed by atoms with Gasteiger partial charge in [-0.05, 0) is 39.5 Å². The summed E-state index contributed by atoms with van der Waals surface area (Å²) in [4.78, 5) is 13.9. The largest absolute Gasteiger partial charge is 0.444 e. The van der Waals surface area contributed by atoms with E-state index in [-0.39, 0.29) is 6.09 Å². The van der Waals surface area contributed by atoms with Crippen LogP contribution in [0, 0.1) is 5.92 Å². The summed E-state index contributed by atoms with van der Waals surface area (Å²) >= 11 is 0. The molecule has 112 valence electrons. The Morgan fingerprint density at radius 2 is 2.40 bits per heavy atom. The molecule has 0 radical (unpaired) electrons. The molecule has 1 atom stereocenters. The van der Waals surface area contributed by atoms with Crippen LogP contribution in [0.15, 0.2) is 12.4 Å². The van der Waals surface area contributed by atoms with Crippen LogP contribution < -0.4 is 5.32 Å². The molecule has 1 aromatic heterocycles. The molecule has 0 saturated carbocycles. The number of aromatic amines is 1. The number of hydrogen-bond donors (Lipinski definition) is 2. The second-order valence-electron chi connectivity index (χ2n) is 6.30. The second-order valence-corrected chi connectivity index (χ2v) is 6.30. The number of aromatic nitrogens is 2. The first-order chi connectivity index (χ1) is 9.44. The van der Waals surface area contributed by atoms with Crippen molar-refractivity contribution in [1.29, 1.82) is 0 Å². The first-order valence-corrected chi connectivity index (χ1v) is 7.14. The fourth-order valence-electron chi connectivity index (χ4n) is 2.33. The first-order valence-electron chi connectivity index (χ1n) is 7.14. The summed E-state index contributed by atoms with van der Waals surface area (Å²) < 4.78 is 5.43. The van der Waals surface area contributed by atoms with Crippen molar-refractivity contribution in [2.24, 2.45) is 5.92 Å². The summed E-state index contributed by atoms with van der Waals surface area (Å²) in [7, 11) is 0. The molecule has 2 rings (SSSR count). The third kappa shape index (κ3) is 4.43. The van der Waals surface area contributed by atoms with E-state index >= 15 is 0 Å². The maximum Gasteiger partial charge on any atom is 0.410 e. The zero-order valence-corrected chi connectivity index (χ0v) is 12.5. The average Bonchev–Trinajstić information content (AvgIpc) is 2.88. The van der Waals surface area contributed by atoms with Gasteiger partial charge < -0.3 is 15.0 Å². The summed E-state index contributed by atoms with van der Waals surface area (Å²) in [6.45, 7) is 8.07. The molecule has 1 fully saturated rings. The molecule has 1 aliphatic rings. The number of carbonyl (C=O) groups is 1. The van der Waals surface area contributed by atoms with Crippen molar-refractivity contribution in [3.63, 3.8) is 0 Å². The van der Waals surface area contributed by atoms with Gasteiger partial charge in [0, 0.05) is 25.8 Å². The molecule has 2 heterocycles. The highest BCUT2D eigenvalue weighted by atomic mass is 16.6. The van der Waals surface area contributed by atoms with Crippen LogP contribution in [0.3, 0.4) is 0 Å². The Labute approximate surface area is 119 Å². The van der Waals surface area contributed by atoms with E-state index in [2.05, 4.69) is 15.5 Å². The third-order valence-electron chi connectivity index (χ3n) is 3.26. The van der Waals surface area contributed by atoms with Crippen molar-refractivity contribution in [3.05, 3.63) is 12.4 Å². The zero-order chi connectivity index (χ0) is 14.6. The third-order valence-corrected chi connectivity index (χ3v) is 3.26. The number of nitrogens with one attached hydrogen (secondary N) is 2. The van der Waals surface area contributed by atoms with Crippen molar-refractivity contribution < 1.29 is 9.53 Å². The number of rotatable bonds is 3. The van der Waals surface area contributed by atoms with Crippen LogP contribution in [0.2, 0.25) is 0 Å². The van der Waals surface area contributed by atoms with E-state index in [1.807, 2.05) is 31.9 Å². The molecule has 1 unspecified atom stereocenters. The summed E-state index contributed by atoms with van der Waals surface area (Å²) in [6, 6.07) is 0. The number of H-pyrrole nitrogens is 1. The van der Waals surface area contributed by atoms with E-state index in [9.17, 15) is 4.79 Å². The van der Waals surface area contributed by atoms with Crippen LogP contribution >= 0.6 is 0 Å². The molecule has 1 saturated heterocycles. The molecule has 1 aliphatic heterocycles. The van der Waals surface area contributed by atoms with Crippen LogP contribution in [-0.2, 0) is 4.74 Å². The fraction of sp³-hybridized carbons (Fsp3) is 0.714. The van der Waals surface area contributed by atoms with Crippen LogP contribution in [0.5, 0.6) is 0 Å². The lowest BCUT2D eigenvalue weighted by molar-refractivity contribution is 0.0172. The van der Waals surface area contributed by atoms with E-state index in [0.717, 1.165) is 38.2 Å². The second kappa shape index (κ2) is 6.15. The molecule has 0 aromatic carbocycles. The molecule has 1 amide bonds. The summed E-state index contributed by atoms with van der Waals surface area (Å²) in [5.41, 5.74) is 0.554. The Bertz CT molecular complexity index is 425. The normalized spacial score (nSPS) is 19.8. The maximum atomic E-state index is 12.1. The quantitative estimate of drug-likeness (QED) is 0.892. The van der Waals surface area contributed by atoms with Gasteiger partial charge >= 0.3 is 6.09 Å². The lowest BCUT2D eigenvalue weighted by atomic mass is 9.98. The number of carbonyl (C=O) groups excluding carboxylic acids is 1. The Morgan fingerprint density at radius 3 is 3.05 bits per heavy atom. The first kappa shape index (κ1) is 14.7. The zero-order valence-electron chi connectivity index (χ0n) is 12.5. The molecule has 1 aromatic rings. The topological polar surface area (TPSA) is 70.2 Å². The highest BCUT2D eigenvalue weighted by molar-refractivity contribution is 5.68. The molecule has 0 spiro atoms. The van der Waals surface area contributed by atoms with Crippen LogP contribution in [0.1, 0.15) is 33.6 Å². The van der Waals surface area contributed by atoms with Gasteiger partial charge in [-0.2, -0.15) is 5.10 Å². The fourth-order valence-corrected chi connectivity index (χ4v) is 2.33. The Morgan fingerprint density at radius 1 is 1.60 bits per heavy atom. The van der Waals surface area contributed by atoms with Crippen LogP contribution in [-0.4, -0.2) is 46.4 Å². The van der Waals surface area contributed by atoms with Gasteiger partial charge in [0.1, 0.15) is 5.60 Å². The van der Waals surface area contributed by atoms with Gasteiger partial charge in [0.15, 0.2) is 0 Å².